The molecular formula is C36H53N3O5. The fraction of sp³-hybridized carbons (Fsp3) is 0.639. The van der Waals surface area contributed by atoms with Crippen LogP contribution in [0, 0.1) is 23.2 Å². The lowest BCUT2D eigenvalue weighted by Gasteiger charge is -2.45. The Bertz CT molecular complexity index is 1260. The van der Waals surface area contributed by atoms with E-state index in [9.17, 15) is 19.5 Å². The summed E-state index contributed by atoms with van der Waals surface area (Å²) >= 11 is 0. The van der Waals surface area contributed by atoms with Crippen molar-refractivity contribution >= 4 is 17.7 Å². The number of likely N-dealkylation sites (tertiary alicyclic amines) is 1. The van der Waals surface area contributed by atoms with Crippen LogP contribution < -0.4 is 0 Å². The molecule has 2 bridgehead atoms. The Kier molecular flexibility index (Phi) is 9.58. The van der Waals surface area contributed by atoms with Gasteiger partial charge in [-0.15, -0.1) is 13.2 Å². The van der Waals surface area contributed by atoms with E-state index in [1.165, 1.54) is 0 Å². The molecule has 3 amide bonds. The van der Waals surface area contributed by atoms with Crippen molar-refractivity contribution in [2.45, 2.75) is 97.1 Å². The van der Waals surface area contributed by atoms with E-state index < -0.39 is 34.6 Å². The van der Waals surface area contributed by atoms with Gasteiger partial charge in [-0.25, -0.2) is 0 Å². The van der Waals surface area contributed by atoms with E-state index in [1.807, 2.05) is 42.2 Å². The largest absolute Gasteiger partial charge is 0.396 e. The summed E-state index contributed by atoms with van der Waals surface area (Å²) in [5, 5.41) is 9.77. The first kappa shape index (κ1) is 33.9. The first-order valence-electron chi connectivity index (χ1n) is 16.1. The van der Waals surface area contributed by atoms with Crippen molar-refractivity contribution in [3.8, 4) is 0 Å². The Balaban J connectivity index is 1.80. The number of carbonyl (C=O) groups is 3. The maximum Gasteiger partial charge on any atom is 0.249 e. The van der Waals surface area contributed by atoms with Gasteiger partial charge in [0.1, 0.15) is 11.6 Å². The van der Waals surface area contributed by atoms with Crippen molar-refractivity contribution in [2.24, 2.45) is 23.2 Å². The number of nitrogens with zero attached hydrogens (tertiary/aromatic N) is 3. The van der Waals surface area contributed by atoms with Crippen LogP contribution in [0.15, 0.2) is 55.6 Å². The zero-order chi connectivity index (χ0) is 32.7. The number of fused-ring (bicyclic) bond motifs is 1. The number of aliphatic hydroxyl groups is 1. The molecule has 3 unspecified atom stereocenters. The van der Waals surface area contributed by atoms with Gasteiger partial charge < -0.3 is 24.5 Å². The van der Waals surface area contributed by atoms with Crippen LogP contribution in [0.3, 0.4) is 0 Å². The van der Waals surface area contributed by atoms with E-state index >= 15 is 0 Å². The van der Waals surface area contributed by atoms with Gasteiger partial charge in [0.15, 0.2) is 0 Å². The molecule has 6 atom stereocenters. The summed E-state index contributed by atoms with van der Waals surface area (Å²) in [4.78, 5) is 49.2. The van der Waals surface area contributed by atoms with Crippen LogP contribution >= 0.6 is 0 Å². The maximum atomic E-state index is 14.9. The molecule has 1 N–H and O–H groups in total. The molecule has 3 saturated heterocycles. The van der Waals surface area contributed by atoms with Crippen LogP contribution in [0.2, 0.25) is 0 Å². The number of hydrogen-bond donors (Lipinski definition) is 1. The van der Waals surface area contributed by atoms with Crippen molar-refractivity contribution in [1.29, 1.82) is 0 Å². The Morgan fingerprint density at radius 1 is 1.09 bits per heavy atom. The van der Waals surface area contributed by atoms with Gasteiger partial charge in [0, 0.05) is 38.3 Å². The zero-order valence-corrected chi connectivity index (χ0v) is 27.8. The Hall–Kier alpha value is -2.97. The molecule has 1 spiro atoms. The molecular weight excluding hydrogens is 554 g/mol. The molecule has 4 rings (SSSR count). The highest BCUT2D eigenvalue weighted by Gasteiger charge is 2.80. The standard InChI is InChI=1S/C36H53N3O5/c1-10-18-37(23-26-16-13-12-14-17-26)30(41)27-28-31(42)38(20-15-21-40)29(36(28)22-25(3)35(27,9)44-36)32(43)39(19-11-2)34(7,8)24-33(4,5)6/h10-14,16-17,25,27-29,40H,1-2,15,18-24H2,3-9H3/t25?,27-,28+,29?,35+,36?/m1/s1. The van der Waals surface area contributed by atoms with Crippen LogP contribution in [0.4, 0.5) is 0 Å². The number of rotatable bonds is 13. The summed E-state index contributed by atoms with van der Waals surface area (Å²) in [5.74, 6) is -2.21. The molecule has 0 aliphatic carbocycles. The molecule has 0 aromatic heterocycles. The van der Waals surface area contributed by atoms with Crippen molar-refractivity contribution in [3.63, 3.8) is 0 Å². The second-order valence-electron chi connectivity index (χ2n) is 15.1. The smallest absolute Gasteiger partial charge is 0.249 e. The lowest BCUT2D eigenvalue weighted by molar-refractivity contribution is -0.158. The highest BCUT2D eigenvalue weighted by molar-refractivity contribution is 5.99. The van der Waals surface area contributed by atoms with Gasteiger partial charge >= 0.3 is 0 Å². The Morgan fingerprint density at radius 2 is 1.73 bits per heavy atom. The van der Waals surface area contributed by atoms with Crippen LogP contribution in [0.25, 0.3) is 0 Å². The molecule has 44 heavy (non-hydrogen) atoms. The molecule has 1 aromatic carbocycles. The topological polar surface area (TPSA) is 90.4 Å². The van der Waals surface area contributed by atoms with Crippen molar-refractivity contribution in [3.05, 3.63) is 61.2 Å². The summed E-state index contributed by atoms with van der Waals surface area (Å²) in [6.07, 6.45) is 4.99. The van der Waals surface area contributed by atoms with E-state index in [2.05, 4.69) is 54.7 Å². The maximum absolute atomic E-state index is 14.9. The SMILES string of the molecule is C=CCN(Cc1ccccc1)C(=O)[C@H]1[C@H]2C(=O)N(CCCO)C(C(=O)N(CC=C)C(C)(C)CC(C)(C)C)C23CC(C)[C@]1(C)O3. The van der Waals surface area contributed by atoms with Gasteiger partial charge in [0.05, 0.1) is 17.4 Å². The van der Waals surface area contributed by atoms with Crippen molar-refractivity contribution < 1.29 is 24.2 Å². The average molecular weight is 608 g/mol. The predicted molar refractivity (Wildman–Crippen MR) is 172 cm³/mol. The first-order valence-corrected chi connectivity index (χ1v) is 16.1. The van der Waals surface area contributed by atoms with E-state index in [4.69, 9.17) is 4.74 Å². The molecule has 8 nitrogen and oxygen atoms in total. The minimum atomic E-state index is -1.15. The quantitative estimate of drug-likeness (QED) is 0.325. The number of carbonyl (C=O) groups excluding carboxylic acids is 3. The number of ether oxygens (including phenoxy) is 1. The Labute approximate surface area is 264 Å². The predicted octanol–water partition coefficient (Wildman–Crippen LogP) is 4.82. The zero-order valence-electron chi connectivity index (χ0n) is 27.8. The second-order valence-corrected chi connectivity index (χ2v) is 15.1. The first-order chi connectivity index (χ1) is 20.6. The summed E-state index contributed by atoms with van der Waals surface area (Å²) in [5.41, 5.74) is -1.68. The van der Waals surface area contributed by atoms with Gasteiger partial charge in [-0.1, -0.05) is 70.2 Å². The van der Waals surface area contributed by atoms with Crippen LogP contribution in [-0.2, 0) is 25.7 Å². The number of hydrogen-bond acceptors (Lipinski definition) is 5. The summed E-state index contributed by atoms with van der Waals surface area (Å²) < 4.78 is 6.98. The highest BCUT2D eigenvalue weighted by Crippen LogP contribution is 2.65. The molecule has 0 saturated carbocycles. The minimum Gasteiger partial charge on any atom is -0.396 e. The normalized spacial score (nSPS) is 29.5. The molecule has 3 fully saturated rings. The third kappa shape index (κ3) is 5.87. The number of amides is 3. The fourth-order valence-corrected chi connectivity index (χ4v) is 8.57. The molecule has 3 heterocycles. The third-order valence-electron chi connectivity index (χ3n) is 10.0. The van der Waals surface area contributed by atoms with E-state index in [-0.39, 0.29) is 42.2 Å². The van der Waals surface area contributed by atoms with Crippen LogP contribution in [0.5, 0.6) is 0 Å². The van der Waals surface area contributed by atoms with E-state index in [1.54, 1.807) is 22.0 Å². The minimum absolute atomic E-state index is 0.0543. The average Bonchev–Trinajstić information content (AvgIpc) is 3.45. The molecule has 0 radical (unpaired) electrons. The van der Waals surface area contributed by atoms with Crippen molar-refractivity contribution in [2.75, 3.05) is 26.2 Å². The third-order valence-corrected chi connectivity index (χ3v) is 10.0. The summed E-state index contributed by atoms with van der Waals surface area (Å²) in [6.45, 7) is 23.5. The second kappa shape index (κ2) is 12.4. The Morgan fingerprint density at radius 3 is 2.30 bits per heavy atom. The molecule has 1 aromatic rings. The highest BCUT2D eigenvalue weighted by atomic mass is 16.5. The number of aliphatic hydroxyl groups excluding tert-OH is 1. The molecule has 3 aliphatic rings. The van der Waals surface area contributed by atoms with Crippen LogP contribution in [0.1, 0.15) is 73.3 Å². The van der Waals surface area contributed by atoms with Crippen molar-refractivity contribution in [1.82, 2.24) is 14.7 Å². The number of benzene rings is 1. The van der Waals surface area contributed by atoms with Gasteiger partial charge in [-0.3, -0.25) is 14.4 Å². The van der Waals surface area contributed by atoms with Crippen LogP contribution in [-0.4, -0.2) is 86.6 Å². The summed E-state index contributed by atoms with van der Waals surface area (Å²) in [7, 11) is 0. The molecule has 242 valence electrons. The lowest BCUT2D eigenvalue weighted by atomic mass is 9.62. The lowest BCUT2D eigenvalue weighted by Crippen LogP contribution is -2.61. The van der Waals surface area contributed by atoms with E-state index in [0.29, 0.717) is 32.5 Å². The monoisotopic (exact) mass is 607 g/mol. The van der Waals surface area contributed by atoms with E-state index in [0.717, 1.165) is 12.0 Å². The van der Waals surface area contributed by atoms with Gasteiger partial charge in [0.25, 0.3) is 0 Å². The van der Waals surface area contributed by atoms with Gasteiger partial charge in [0.2, 0.25) is 17.7 Å². The molecule has 3 aliphatic heterocycles. The van der Waals surface area contributed by atoms with Gasteiger partial charge in [-0.05, 0) is 56.9 Å². The fourth-order valence-electron chi connectivity index (χ4n) is 8.57. The van der Waals surface area contributed by atoms with Gasteiger partial charge in [-0.2, -0.15) is 0 Å². The molecule has 8 heteroatoms. The summed E-state index contributed by atoms with van der Waals surface area (Å²) in [6, 6.07) is 8.87.